The fourth-order valence-corrected chi connectivity index (χ4v) is 1.86. The van der Waals surface area contributed by atoms with E-state index in [-0.39, 0.29) is 12.5 Å². The molecule has 0 saturated carbocycles. The first kappa shape index (κ1) is 9.90. The average molecular weight is 177 g/mol. The van der Waals surface area contributed by atoms with Crippen LogP contribution in [-0.2, 0) is 0 Å². The van der Waals surface area contributed by atoms with Crippen molar-refractivity contribution >= 4 is 0 Å². The second kappa shape index (κ2) is 3.69. The molecule has 0 bridgehead atoms. The molecule has 0 spiro atoms. The van der Waals surface area contributed by atoms with Gasteiger partial charge in [0.25, 0.3) is 5.92 Å². The largest absolute Gasteiger partial charge is 0.301 e. The maximum absolute atomic E-state index is 13.3. The van der Waals surface area contributed by atoms with Crippen molar-refractivity contribution in [1.29, 1.82) is 0 Å². The highest BCUT2D eigenvalue weighted by Crippen LogP contribution is 2.34. The van der Waals surface area contributed by atoms with Crippen molar-refractivity contribution in [2.75, 3.05) is 20.1 Å². The van der Waals surface area contributed by atoms with Gasteiger partial charge in [-0.2, -0.15) is 0 Å². The molecule has 1 rings (SSSR count). The number of alkyl halides is 2. The van der Waals surface area contributed by atoms with E-state index in [9.17, 15) is 8.78 Å². The van der Waals surface area contributed by atoms with Gasteiger partial charge in [-0.05, 0) is 26.4 Å². The molecule has 0 aromatic carbocycles. The van der Waals surface area contributed by atoms with Crippen LogP contribution in [0.15, 0.2) is 0 Å². The van der Waals surface area contributed by atoms with E-state index in [0.717, 1.165) is 13.0 Å². The highest BCUT2D eigenvalue weighted by molar-refractivity contribution is 4.84. The molecular weight excluding hydrogens is 160 g/mol. The van der Waals surface area contributed by atoms with E-state index in [1.165, 1.54) is 0 Å². The molecule has 0 N–H and O–H groups in total. The third-order valence-electron chi connectivity index (χ3n) is 2.57. The highest BCUT2D eigenvalue weighted by atomic mass is 19.3. The Balaban J connectivity index is 2.51. The van der Waals surface area contributed by atoms with E-state index in [1.54, 1.807) is 11.9 Å². The van der Waals surface area contributed by atoms with E-state index in [1.807, 2.05) is 6.92 Å². The molecule has 72 valence electrons. The van der Waals surface area contributed by atoms with Crippen molar-refractivity contribution in [3.05, 3.63) is 0 Å². The monoisotopic (exact) mass is 177 g/mol. The smallest absolute Gasteiger partial charge is 0.263 e. The predicted molar refractivity (Wildman–Crippen MR) is 45.5 cm³/mol. The Morgan fingerprint density at radius 3 is 2.67 bits per heavy atom. The van der Waals surface area contributed by atoms with Gasteiger partial charge in [-0.3, -0.25) is 0 Å². The molecule has 1 fully saturated rings. The molecular formula is C9H17F2N. The number of hydrogen-bond acceptors (Lipinski definition) is 1. The quantitative estimate of drug-likeness (QED) is 0.626. The van der Waals surface area contributed by atoms with Gasteiger partial charge in [0.15, 0.2) is 0 Å². The van der Waals surface area contributed by atoms with Gasteiger partial charge in [-0.25, -0.2) is 8.78 Å². The summed E-state index contributed by atoms with van der Waals surface area (Å²) in [5, 5.41) is 0. The molecule has 1 heterocycles. The molecule has 0 aromatic rings. The minimum atomic E-state index is -2.46. The van der Waals surface area contributed by atoms with Gasteiger partial charge < -0.3 is 4.90 Å². The summed E-state index contributed by atoms with van der Waals surface area (Å²) in [5.74, 6) is -2.83. The SMILES string of the molecule is CCCC1CCN(C)CC1(F)F. The van der Waals surface area contributed by atoms with E-state index in [4.69, 9.17) is 0 Å². The normalized spacial score (nSPS) is 30.5. The van der Waals surface area contributed by atoms with Crippen LogP contribution in [-0.4, -0.2) is 31.0 Å². The zero-order valence-corrected chi connectivity index (χ0v) is 7.82. The fraction of sp³-hybridized carbons (Fsp3) is 1.00. The molecule has 1 saturated heterocycles. The first-order valence-electron chi connectivity index (χ1n) is 4.62. The van der Waals surface area contributed by atoms with Crippen LogP contribution in [0.1, 0.15) is 26.2 Å². The second-order valence-electron chi connectivity index (χ2n) is 3.77. The van der Waals surface area contributed by atoms with Crippen LogP contribution in [0.5, 0.6) is 0 Å². The summed E-state index contributed by atoms with van der Waals surface area (Å²) >= 11 is 0. The van der Waals surface area contributed by atoms with Gasteiger partial charge in [0.1, 0.15) is 0 Å². The molecule has 1 nitrogen and oxygen atoms in total. The number of piperidine rings is 1. The molecule has 12 heavy (non-hydrogen) atoms. The lowest BCUT2D eigenvalue weighted by Crippen LogP contribution is -2.46. The molecule has 0 aliphatic carbocycles. The third-order valence-corrected chi connectivity index (χ3v) is 2.57. The zero-order valence-electron chi connectivity index (χ0n) is 7.82. The molecule has 1 aliphatic rings. The minimum Gasteiger partial charge on any atom is -0.301 e. The van der Waals surface area contributed by atoms with Crippen LogP contribution < -0.4 is 0 Å². The van der Waals surface area contributed by atoms with Crippen LogP contribution >= 0.6 is 0 Å². The lowest BCUT2D eigenvalue weighted by molar-refractivity contribution is -0.108. The van der Waals surface area contributed by atoms with Gasteiger partial charge >= 0.3 is 0 Å². The van der Waals surface area contributed by atoms with E-state index >= 15 is 0 Å². The summed E-state index contributed by atoms with van der Waals surface area (Å²) in [5.41, 5.74) is 0. The Morgan fingerprint density at radius 2 is 2.17 bits per heavy atom. The lowest BCUT2D eigenvalue weighted by Gasteiger charge is -2.36. The van der Waals surface area contributed by atoms with Crippen LogP contribution in [0.3, 0.4) is 0 Å². The summed E-state index contributed by atoms with van der Waals surface area (Å²) < 4.78 is 26.5. The molecule has 1 unspecified atom stereocenters. The Labute approximate surface area is 72.7 Å². The number of hydrogen-bond donors (Lipinski definition) is 0. The van der Waals surface area contributed by atoms with Gasteiger partial charge in [0.05, 0.1) is 6.54 Å². The van der Waals surface area contributed by atoms with Crippen molar-refractivity contribution in [3.63, 3.8) is 0 Å². The summed E-state index contributed by atoms with van der Waals surface area (Å²) in [6.07, 6.45) is 2.18. The van der Waals surface area contributed by atoms with Crippen LogP contribution in [0.4, 0.5) is 8.78 Å². The van der Waals surface area contributed by atoms with Gasteiger partial charge in [0.2, 0.25) is 0 Å². The number of likely N-dealkylation sites (tertiary alicyclic amines) is 1. The Hall–Kier alpha value is -0.180. The third kappa shape index (κ3) is 2.16. The molecule has 0 amide bonds. The van der Waals surface area contributed by atoms with Gasteiger partial charge in [-0.15, -0.1) is 0 Å². The maximum Gasteiger partial charge on any atom is 0.263 e. The number of nitrogens with zero attached hydrogens (tertiary/aromatic N) is 1. The number of halogens is 2. The fourth-order valence-electron chi connectivity index (χ4n) is 1.86. The Bertz CT molecular complexity index is 147. The molecule has 1 atom stereocenters. The molecule has 1 aliphatic heterocycles. The molecule has 0 aromatic heterocycles. The van der Waals surface area contributed by atoms with Crippen LogP contribution in [0, 0.1) is 5.92 Å². The predicted octanol–water partition coefficient (Wildman–Crippen LogP) is 2.37. The van der Waals surface area contributed by atoms with Crippen molar-refractivity contribution in [3.8, 4) is 0 Å². The number of rotatable bonds is 2. The standard InChI is InChI=1S/C9H17F2N/c1-3-4-8-5-6-12(2)7-9(8,10)11/h8H,3-7H2,1-2H3. The van der Waals surface area contributed by atoms with Crippen molar-refractivity contribution in [2.45, 2.75) is 32.1 Å². The summed E-state index contributed by atoms with van der Waals surface area (Å²) in [4.78, 5) is 1.71. The summed E-state index contributed by atoms with van der Waals surface area (Å²) in [7, 11) is 1.76. The minimum absolute atomic E-state index is 0.0579. The summed E-state index contributed by atoms with van der Waals surface area (Å²) in [6.45, 7) is 2.73. The second-order valence-corrected chi connectivity index (χ2v) is 3.77. The van der Waals surface area contributed by atoms with Gasteiger partial charge in [-0.1, -0.05) is 13.3 Å². The average Bonchev–Trinajstić information content (AvgIpc) is 1.94. The van der Waals surface area contributed by atoms with Crippen LogP contribution in [0.25, 0.3) is 0 Å². The zero-order chi connectivity index (χ0) is 9.19. The summed E-state index contributed by atoms with van der Waals surface area (Å²) in [6, 6.07) is 0. The first-order chi connectivity index (χ1) is 5.56. The van der Waals surface area contributed by atoms with E-state index in [0.29, 0.717) is 12.8 Å². The van der Waals surface area contributed by atoms with E-state index in [2.05, 4.69) is 0 Å². The Kier molecular flexibility index (Phi) is 3.04. The van der Waals surface area contributed by atoms with Gasteiger partial charge in [0, 0.05) is 5.92 Å². The van der Waals surface area contributed by atoms with Crippen molar-refractivity contribution in [1.82, 2.24) is 4.90 Å². The van der Waals surface area contributed by atoms with E-state index < -0.39 is 5.92 Å². The first-order valence-corrected chi connectivity index (χ1v) is 4.62. The lowest BCUT2D eigenvalue weighted by atomic mass is 9.89. The molecule has 3 heteroatoms. The molecule has 0 radical (unpaired) electrons. The topological polar surface area (TPSA) is 3.24 Å². The highest BCUT2D eigenvalue weighted by Gasteiger charge is 2.42. The maximum atomic E-state index is 13.3. The van der Waals surface area contributed by atoms with Crippen molar-refractivity contribution in [2.24, 2.45) is 5.92 Å². The van der Waals surface area contributed by atoms with Crippen molar-refractivity contribution < 1.29 is 8.78 Å². The van der Waals surface area contributed by atoms with Crippen LogP contribution in [0.2, 0.25) is 0 Å². The Morgan fingerprint density at radius 1 is 1.50 bits per heavy atom.